The Labute approximate surface area is 160 Å². The van der Waals surface area contributed by atoms with Crippen molar-refractivity contribution in [1.82, 2.24) is 4.90 Å². The van der Waals surface area contributed by atoms with Crippen LogP contribution in [0.5, 0.6) is 0 Å². The van der Waals surface area contributed by atoms with E-state index >= 15 is 0 Å². The van der Waals surface area contributed by atoms with E-state index in [-0.39, 0.29) is 11.8 Å². The number of morpholine rings is 1. The van der Waals surface area contributed by atoms with Crippen molar-refractivity contribution in [2.24, 2.45) is 0 Å². The molecule has 0 amide bonds. The van der Waals surface area contributed by atoms with Crippen molar-refractivity contribution < 1.29 is 9.53 Å². The number of nitriles is 1. The van der Waals surface area contributed by atoms with Gasteiger partial charge in [-0.25, -0.2) is 0 Å². The van der Waals surface area contributed by atoms with Crippen molar-refractivity contribution in [3.05, 3.63) is 64.7 Å². The molecular formula is C22H25N3O2. The smallest absolute Gasteiger partial charge is 0.161 e. The number of carbonyl (C=O) groups is 1. The Hall–Kier alpha value is -2.68. The third-order valence-corrected chi connectivity index (χ3v) is 4.96. The van der Waals surface area contributed by atoms with Crippen LogP contribution in [0.4, 0.5) is 5.69 Å². The largest absolute Gasteiger partial charge is 0.382 e. The average molecular weight is 363 g/mol. The van der Waals surface area contributed by atoms with Crippen LogP contribution in [0.15, 0.2) is 42.5 Å². The molecule has 1 N–H and O–H groups in total. The van der Waals surface area contributed by atoms with Crippen molar-refractivity contribution in [1.29, 1.82) is 5.26 Å². The van der Waals surface area contributed by atoms with Crippen molar-refractivity contribution in [2.75, 3.05) is 38.2 Å². The van der Waals surface area contributed by atoms with Gasteiger partial charge < -0.3 is 10.1 Å². The van der Waals surface area contributed by atoms with E-state index in [0.29, 0.717) is 23.4 Å². The monoisotopic (exact) mass is 363 g/mol. The molecule has 1 unspecified atom stereocenters. The second kappa shape index (κ2) is 8.81. The summed E-state index contributed by atoms with van der Waals surface area (Å²) in [6.07, 6.45) is 0. The van der Waals surface area contributed by atoms with Crippen LogP contribution in [0.2, 0.25) is 0 Å². The number of hydrogen-bond donors (Lipinski definition) is 1. The number of hydrogen-bond acceptors (Lipinski definition) is 5. The summed E-state index contributed by atoms with van der Waals surface area (Å²) in [7, 11) is 0. The van der Waals surface area contributed by atoms with Gasteiger partial charge in [-0.1, -0.05) is 29.8 Å². The van der Waals surface area contributed by atoms with Crippen LogP contribution in [-0.4, -0.2) is 43.5 Å². The Bertz CT molecular complexity index is 834. The zero-order valence-corrected chi connectivity index (χ0v) is 15.9. The fourth-order valence-corrected chi connectivity index (χ4v) is 3.41. The van der Waals surface area contributed by atoms with E-state index in [0.717, 1.165) is 26.3 Å². The molecule has 2 aromatic rings. The van der Waals surface area contributed by atoms with Crippen LogP contribution in [0.3, 0.4) is 0 Å². The molecule has 0 aliphatic carbocycles. The van der Waals surface area contributed by atoms with E-state index in [9.17, 15) is 10.1 Å². The van der Waals surface area contributed by atoms with Crippen LogP contribution in [0.25, 0.3) is 0 Å². The summed E-state index contributed by atoms with van der Waals surface area (Å²) in [5.74, 6) is -0.0137. The van der Waals surface area contributed by atoms with Crippen molar-refractivity contribution in [3.63, 3.8) is 0 Å². The minimum absolute atomic E-state index is 0.0137. The van der Waals surface area contributed by atoms with E-state index in [4.69, 9.17) is 4.74 Å². The molecule has 0 aromatic heterocycles. The van der Waals surface area contributed by atoms with Crippen molar-refractivity contribution in [2.45, 2.75) is 19.9 Å². The van der Waals surface area contributed by atoms with Gasteiger partial charge in [0.05, 0.1) is 30.9 Å². The summed E-state index contributed by atoms with van der Waals surface area (Å²) in [5, 5.41) is 12.6. The molecule has 0 bridgehead atoms. The number of aryl methyl sites for hydroxylation is 1. The molecular weight excluding hydrogens is 338 g/mol. The highest BCUT2D eigenvalue weighted by atomic mass is 16.5. The molecule has 140 valence electrons. The number of nitrogens with one attached hydrogen (secondary N) is 1. The highest BCUT2D eigenvalue weighted by molar-refractivity contribution is 5.99. The highest BCUT2D eigenvalue weighted by Crippen LogP contribution is 2.25. The Morgan fingerprint density at radius 2 is 1.93 bits per heavy atom. The van der Waals surface area contributed by atoms with E-state index in [1.807, 2.05) is 0 Å². The van der Waals surface area contributed by atoms with E-state index < -0.39 is 0 Å². The molecule has 0 radical (unpaired) electrons. The molecule has 27 heavy (non-hydrogen) atoms. The lowest BCUT2D eigenvalue weighted by molar-refractivity contribution is 0.0187. The van der Waals surface area contributed by atoms with Gasteiger partial charge in [-0.3, -0.25) is 9.69 Å². The van der Waals surface area contributed by atoms with Crippen molar-refractivity contribution in [3.8, 4) is 6.07 Å². The lowest BCUT2D eigenvalue weighted by Crippen LogP contribution is -2.41. The van der Waals surface area contributed by atoms with Gasteiger partial charge in [-0.05, 0) is 37.6 Å². The highest BCUT2D eigenvalue weighted by Gasteiger charge is 2.23. The van der Waals surface area contributed by atoms with Crippen LogP contribution in [0.1, 0.15) is 40.0 Å². The fraction of sp³-hybridized carbons (Fsp3) is 0.364. The minimum atomic E-state index is -0.0137. The van der Waals surface area contributed by atoms with Crippen LogP contribution in [-0.2, 0) is 4.74 Å². The molecule has 0 saturated carbocycles. The van der Waals surface area contributed by atoms with E-state index in [2.05, 4.69) is 47.5 Å². The van der Waals surface area contributed by atoms with Gasteiger partial charge in [0.2, 0.25) is 0 Å². The molecule has 3 rings (SSSR count). The minimum Gasteiger partial charge on any atom is -0.382 e. The SMILES string of the molecule is CC(=O)c1ccc(C#N)cc1NCC(c1ccc(C)cc1)N1CCOCC1. The molecule has 1 saturated heterocycles. The molecule has 1 atom stereocenters. The van der Waals surface area contributed by atoms with Gasteiger partial charge in [0, 0.05) is 30.9 Å². The van der Waals surface area contributed by atoms with Crippen LogP contribution in [0, 0.1) is 18.3 Å². The van der Waals surface area contributed by atoms with Gasteiger partial charge >= 0.3 is 0 Å². The molecule has 5 heteroatoms. The van der Waals surface area contributed by atoms with Gasteiger partial charge in [0.15, 0.2) is 5.78 Å². The maximum atomic E-state index is 12.0. The number of benzene rings is 2. The molecule has 0 spiro atoms. The van der Waals surface area contributed by atoms with Gasteiger partial charge in [-0.2, -0.15) is 5.26 Å². The number of ketones is 1. The van der Waals surface area contributed by atoms with Crippen molar-refractivity contribution >= 4 is 11.5 Å². The summed E-state index contributed by atoms with van der Waals surface area (Å²) in [4.78, 5) is 14.4. The third kappa shape index (κ3) is 4.73. The number of carbonyl (C=O) groups excluding carboxylic acids is 1. The number of Topliss-reactive ketones (excluding diaryl/α,β-unsaturated/α-hetero) is 1. The quantitative estimate of drug-likeness (QED) is 0.795. The normalized spacial score (nSPS) is 15.7. The number of rotatable bonds is 6. The Morgan fingerprint density at radius 3 is 2.56 bits per heavy atom. The number of anilines is 1. The number of nitrogens with zero attached hydrogens (tertiary/aromatic N) is 2. The van der Waals surface area contributed by atoms with Crippen LogP contribution < -0.4 is 5.32 Å². The average Bonchev–Trinajstić information content (AvgIpc) is 2.70. The lowest BCUT2D eigenvalue weighted by atomic mass is 10.0. The molecule has 1 heterocycles. The second-order valence-electron chi connectivity index (χ2n) is 6.88. The third-order valence-electron chi connectivity index (χ3n) is 4.96. The van der Waals surface area contributed by atoms with E-state index in [1.54, 1.807) is 25.1 Å². The predicted molar refractivity (Wildman–Crippen MR) is 106 cm³/mol. The maximum Gasteiger partial charge on any atom is 0.161 e. The predicted octanol–water partition coefficient (Wildman–Crippen LogP) is 3.55. The van der Waals surface area contributed by atoms with E-state index in [1.165, 1.54) is 11.1 Å². The molecule has 1 aliphatic rings. The topological polar surface area (TPSA) is 65.4 Å². The number of ether oxygens (including phenoxy) is 1. The Balaban J connectivity index is 1.85. The zero-order chi connectivity index (χ0) is 19.2. The maximum absolute atomic E-state index is 12.0. The summed E-state index contributed by atoms with van der Waals surface area (Å²) >= 11 is 0. The fourth-order valence-electron chi connectivity index (χ4n) is 3.41. The molecule has 5 nitrogen and oxygen atoms in total. The molecule has 2 aromatic carbocycles. The first-order valence-corrected chi connectivity index (χ1v) is 9.26. The first-order valence-electron chi connectivity index (χ1n) is 9.26. The summed E-state index contributed by atoms with van der Waals surface area (Å²) < 4.78 is 5.51. The summed E-state index contributed by atoms with van der Waals surface area (Å²) in [6.45, 7) is 7.48. The first-order chi connectivity index (χ1) is 13.1. The lowest BCUT2D eigenvalue weighted by Gasteiger charge is -2.35. The second-order valence-corrected chi connectivity index (χ2v) is 6.88. The molecule has 1 aliphatic heterocycles. The van der Waals surface area contributed by atoms with Gasteiger partial charge in [-0.15, -0.1) is 0 Å². The standard InChI is InChI=1S/C22H25N3O2/c1-16-3-6-19(7-4-16)22(25-9-11-27-12-10-25)15-24-21-13-18(14-23)5-8-20(21)17(2)26/h3-8,13,22,24H,9-12,15H2,1-2H3. The Morgan fingerprint density at radius 1 is 1.22 bits per heavy atom. The van der Waals surface area contributed by atoms with Gasteiger partial charge in [0.25, 0.3) is 0 Å². The van der Waals surface area contributed by atoms with Gasteiger partial charge in [0.1, 0.15) is 0 Å². The van der Waals surface area contributed by atoms with Crippen LogP contribution >= 0.6 is 0 Å². The summed E-state index contributed by atoms with van der Waals surface area (Å²) in [6, 6.07) is 16.0. The zero-order valence-electron chi connectivity index (χ0n) is 15.9. The molecule has 1 fully saturated rings. The first kappa shape index (κ1) is 19.1. The Kier molecular flexibility index (Phi) is 6.23. The summed E-state index contributed by atoms with van der Waals surface area (Å²) in [5.41, 5.74) is 4.33.